The maximum atomic E-state index is 11.2. The van der Waals surface area contributed by atoms with Gasteiger partial charge in [0.25, 0.3) is 0 Å². The molecule has 0 amide bonds. The van der Waals surface area contributed by atoms with Gasteiger partial charge >= 0.3 is 0 Å². The third-order valence-corrected chi connectivity index (χ3v) is 12.2. The molecular formula is C59H49N4OPt-. The zero-order valence-electron chi connectivity index (χ0n) is 37.4. The second kappa shape index (κ2) is 17.2. The third-order valence-electron chi connectivity index (χ3n) is 12.2. The summed E-state index contributed by atoms with van der Waals surface area (Å²) in [5.41, 5.74) is 16.6. The van der Waals surface area contributed by atoms with Crippen molar-refractivity contribution in [2.45, 2.75) is 52.4 Å². The molecule has 6 aromatic carbocycles. The normalized spacial score (nSPS) is 11.8. The number of phenolic OH excluding ortho intramolecular Hbond substituents is 1. The van der Waals surface area contributed by atoms with Crippen LogP contribution in [0.4, 0.5) is 0 Å². The molecule has 322 valence electrons. The number of fused-ring (bicyclic) bond motifs is 3. The number of benzene rings is 6. The Morgan fingerprint density at radius 3 is 1.77 bits per heavy atom. The van der Waals surface area contributed by atoms with Crippen molar-refractivity contribution in [2.75, 3.05) is 0 Å². The molecule has 5 nitrogen and oxygen atoms in total. The topological polar surface area (TPSA) is 63.8 Å². The molecule has 6 heteroatoms. The van der Waals surface area contributed by atoms with Crippen LogP contribution in [0.5, 0.6) is 5.75 Å². The van der Waals surface area contributed by atoms with Gasteiger partial charge in [-0.25, -0.2) is 0 Å². The van der Waals surface area contributed by atoms with Crippen LogP contribution in [0.15, 0.2) is 182 Å². The van der Waals surface area contributed by atoms with Crippen molar-refractivity contribution in [3.8, 4) is 78.6 Å². The molecule has 65 heavy (non-hydrogen) atoms. The maximum absolute atomic E-state index is 11.2. The number of para-hydroxylation sites is 4. The van der Waals surface area contributed by atoms with Crippen LogP contribution in [0.3, 0.4) is 0 Å². The minimum atomic E-state index is -0.0703. The van der Waals surface area contributed by atoms with Crippen molar-refractivity contribution in [3.63, 3.8) is 0 Å². The number of pyridine rings is 3. The van der Waals surface area contributed by atoms with E-state index in [0.29, 0.717) is 11.3 Å². The first-order valence-electron chi connectivity index (χ1n) is 21.9. The van der Waals surface area contributed by atoms with Gasteiger partial charge in [0.05, 0.1) is 16.7 Å². The van der Waals surface area contributed by atoms with E-state index in [1.807, 2.05) is 48.9 Å². The van der Waals surface area contributed by atoms with Gasteiger partial charge in [-0.1, -0.05) is 155 Å². The first-order chi connectivity index (χ1) is 30.9. The molecule has 0 radical (unpaired) electrons. The molecule has 0 aliphatic carbocycles. The molecular weight excluding hydrogens is 976 g/mol. The Morgan fingerprint density at radius 2 is 1.05 bits per heavy atom. The second-order valence-corrected chi connectivity index (χ2v) is 18.7. The van der Waals surface area contributed by atoms with Crippen molar-refractivity contribution in [1.29, 1.82) is 0 Å². The van der Waals surface area contributed by atoms with Crippen LogP contribution in [0.25, 0.3) is 94.6 Å². The minimum Gasteiger partial charge on any atom is -0.507 e. The van der Waals surface area contributed by atoms with Crippen molar-refractivity contribution >= 4 is 21.8 Å². The van der Waals surface area contributed by atoms with Gasteiger partial charge in [-0.3, -0.25) is 15.0 Å². The molecule has 10 aromatic rings. The van der Waals surface area contributed by atoms with Gasteiger partial charge in [0.1, 0.15) is 5.75 Å². The quantitative estimate of drug-likeness (QED) is 0.162. The van der Waals surface area contributed by atoms with Crippen LogP contribution in [-0.2, 0) is 31.9 Å². The molecule has 0 fully saturated rings. The van der Waals surface area contributed by atoms with E-state index in [1.54, 1.807) is 6.07 Å². The van der Waals surface area contributed by atoms with Crippen LogP contribution in [0.2, 0.25) is 0 Å². The number of aromatic hydroxyl groups is 1. The Labute approximate surface area is 395 Å². The fourth-order valence-corrected chi connectivity index (χ4v) is 8.72. The summed E-state index contributed by atoms with van der Waals surface area (Å²) in [6, 6.07) is 60.8. The molecule has 0 aliphatic heterocycles. The number of rotatable bonds is 7. The average Bonchev–Trinajstić information content (AvgIpc) is 3.66. The van der Waals surface area contributed by atoms with Gasteiger partial charge < -0.3 is 9.67 Å². The molecule has 0 saturated carbocycles. The number of phenols is 1. The van der Waals surface area contributed by atoms with Crippen molar-refractivity contribution in [2.24, 2.45) is 0 Å². The van der Waals surface area contributed by atoms with Crippen molar-refractivity contribution in [1.82, 2.24) is 19.5 Å². The molecule has 0 aliphatic rings. The Morgan fingerprint density at radius 1 is 0.477 bits per heavy atom. The monoisotopic (exact) mass is 1020 g/mol. The summed E-state index contributed by atoms with van der Waals surface area (Å²) in [4.78, 5) is 14.7. The van der Waals surface area contributed by atoms with E-state index in [9.17, 15) is 5.11 Å². The summed E-state index contributed by atoms with van der Waals surface area (Å²) < 4.78 is 2.37. The molecule has 4 heterocycles. The van der Waals surface area contributed by atoms with Crippen LogP contribution in [0, 0.1) is 6.07 Å². The first-order valence-corrected chi connectivity index (χ1v) is 21.9. The number of nitrogens with zero attached hydrogens (tertiary/aromatic N) is 4. The van der Waals surface area contributed by atoms with Gasteiger partial charge in [-0.2, -0.15) is 0 Å². The van der Waals surface area contributed by atoms with E-state index in [-0.39, 0.29) is 37.6 Å². The van der Waals surface area contributed by atoms with Crippen LogP contribution >= 0.6 is 0 Å². The largest absolute Gasteiger partial charge is 0.507 e. The van der Waals surface area contributed by atoms with E-state index in [0.717, 1.165) is 72.6 Å². The second-order valence-electron chi connectivity index (χ2n) is 18.7. The summed E-state index contributed by atoms with van der Waals surface area (Å²) in [5, 5.41) is 13.6. The Bertz CT molecular complexity index is 3330. The maximum Gasteiger partial charge on any atom is 0.124 e. The average molecular weight is 1030 g/mol. The number of aromatic nitrogens is 4. The fourth-order valence-electron chi connectivity index (χ4n) is 8.72. The molecule has 0 atom stereocenters. The third kappa shape index (κ3) is 8.45. The summed E-state index contributed by atoms with van der Waals surface area (Å²) in [5.74, 6) is 0.175. The van der Waals surface area contributed by atoms with Gasteiger partial charge in [0.15, 0.2) is 0 Å². The standard InChI is InChI=1S/C59H49N4O.Pt/c1-58(2,3)45-32-41(33-46(37-45)59(4,5)6)42-35-53(62-54(36-42)51-18-11-13-22-56(51)64)44-30-40(38-23-26-60-27-24-38)29-43(31-44)52-34-39(25-28-61-52)48-19-14-20-50-49-17-10-12-21-55(49)63(57(48)50)47-15-8-7-9-16-47;/h7-30,32-37,64H,1-6H3;/q-1;. The zero-order chi connectivity index (χ0) is 44.2. The van der Waals surface area contributed by atoms with Crippen LogP contribution in [0.1, 0.15) is 52.7 Å². The number of hydrogen-bond donors (Lipinski definition) is 1. The van der Waals surface area contributed by atoms with E-state index in [4.69, 9.17) is 9.97 Å². The minimum absolute atomic E-state index is 0. The summed E-state index contributed by atoms with van der Waals surface area (Å²) >= 11 is 0. The molecule has 4 aromatic heterocycles. The van der Waals surface area contributed by atoms with Crippen LogP contribution < -0.4 is 0 Å². The first kappa shape index (κ1) is 43.3. The summed E-state index contributed by atoms with van der Waals surface area (Å²) in [6.07, 6.45) is 5.54. The Hall–Kier alpha value is -6.94. The Balaban J connectivity index is 0.00000533. The van der Waals surface area contributed by atoms with Gasteiger partial charge in [0.2, 0.25) is 0 Å². The SMILES string of the molecule is CC(C)(C)c1cc(-c2cc(-c3[c-]c(-c4cc(-c5cccc6c7ccccc7n(-c7ccccc7)c56)ccn4)cc(-c4ccncc4)c3)nc(-c3ccccc3O)c2)cc(C(C)(C)C)c1.[Pt]. The predicted octanol–water partition coefficient (Wildman–Crippen LogP) is 15.1. The summed E-state index contributed by atoms with van der Waals surface area (Å²) in [7, 11) is 0. The fraction of sp³-hybridized carbons (Fsp3) is 0.136. The van der Waals surface area contributed by atoms with Crippen molar-refractivity contribution < 1.29 is 26.2 Å². The van der Waals surface area contributed by atoms with Gasteiger partial charge in [0, 0.05) is 78.6 Å². The smallest absolute Gasteiger partial charge is 0.124 e. The zero-order valence-corrected chi connectivity index (χ0v) is 39.6. The van der Waals surface area contributed by atoms with Crippen LogP contribution in [-0.4, -0.2) is 24.6 Å². The van der Waals surface area contributed by atoms with Gasteiger partial charge in [-0.05, 0) is 98.8 Å². The molecule has 0 bridgehead atoms. The van der Waals surface area contributed by atoms with Gasteiger partial charge in [-0.15, -0.1) is 18.2 Å². The molecule has 10 rings (SSSR count). The summed E-state index contributed by atoms with van der Waals surface area (Å²) in [6.45, 7) is 13.6. The molecule has 0 saturated heterocycles. The van der Waals surface area contributed by atoms with E-state index in [1.165, 1.54) is 21.9 Å². The molecule has 1 N–H and O–H groups in total. The Kier molecular flexibility index (Phi) is 11.5. The van der Waals surface area contributed by atoms with E-state index >= 15 is 0 Å². The van der Waals surface area contributed by atoms with Crippen molar-refractivity contribution in [3.05, 3.63) is 200 Å². The van der Waals surface area contributed by atoms with E-state index < -0.39 is 0 Å². The van der Waals surface area contributed by atoms with E-state index in [2.05, 4.69) is 185 Å². The predicted molar refractivity (Wildman–Crippen MR) is 265 cm³/mol. The molecule has 0 spiro atoms. The molecule has 0 unspecified atom stereocenters. The number of hydrogen-bond acceptors (Lipinski definition) is 4.